The highest BCUT2D eigenvalue weighted by molar-refractivity contribution is 4.61. The summed E-state index contributed by atoms with van der Waals surface area (Å²) < 4.78 is 0. The van der Waals surface area contributed by atoms with E-state index in [0.29, 0.717) is 6.04 Å². The van der Waals surface area contributed by atoms with Crippen LogP contribution in [0.1, 0.15) is 90.4 Å². The van der Waals surface area contributed by atoms with Gasteiger partial charge in [0.05, 0.1) is 0 Å². The zero-order chi connectivity index (χ0) is 13.5. The molecule has 0 amide bonds. The van der Waals surface area contributed by atoms with Gasteiger partial charge in [-0.15, -0.1) is 0 Å². The first kappa shape index (κ1) is 17.9. The third kappa shape index (κ3) is 14.0. The average molecular weight is 256 g/mol. The van der Waals surface area contributed by atoms with Crippen LogP contribution < -0.4 is 11.5 Å². The minimum atomic E-state index is 0.341. The second-order valence-electron chi connectivity index (χ2n) is 5.66. The number of hydrogen-bond acceptors (Lipinski definition) is 2. The van der Waals surface area contributed by atoms with Crippen molar-refractivity contribution in [1.29, 1.82) is 0 Å². The Morgan fingerprint density at radius 2 is 1.11 bits per heavy atom. The Balaban J connectivity index is 2.98. The molecular weight excluding hydrogens is 220 g/mol. The van der Waals surface area contributed by atoms with E-state index in [1.807, 2.05) is 0 Å². The molecule has 2 nitrogen and oxygen atoms in total. The lowest BCUT2D eigenvalue weighted by Crippen LogP contribution is -2.23. The summed E-state index contributed by atoms with van der Waals surface area (Å²) in [4.78, 5) is 0. The van der Waals surface area contributed by atoms with E-state index in [4.69, 9.17) is 11.5 Å². The molecule has 110 valence electrons. The van der Waals surface area contributed by atoms with Crippen LogP contribution in [0, 0.1) is 0 Å². The first-order chi connectivity index (χ1) is 8.81. The van der Waals surface area contributed by atoms with Crippen LogP contribution in [0.3, 0.4) is 0 Å². The number of hydrogen-bond donors (Lipinski definition) is 2. The molecule has 4 N–H and O–H groups in total. The van der Waals surface area contributed by atoms with Gasteiger partial charge in [-0.25, -0.2) is 0 Å². The molecule has 1 unspecified atom stereocenters. The van der Waals surface area contributed by atoms with Gasteiger partial charge in [-0.05, 0) is 19.4 Å². The van der Waals surface area contributed by atoms with Gasteiger partial charge in [0, 0.05) is 6.04 Å². The SMILES string of the molecule is CCCCCCCCCCCCCC(N)CCN. The summed E-state index contributed by atoms with van der Waals surface area (Å²) in [6.07, 6.45) is 17.6. The second-order valence-corrected chi connectivity index (χ2v) is 5.66. The molecule has 0 rings (SSSR count). The minimum Gasteiger partial charge on any atom is -0.330 e. The summed E-state index contributed by atoms with van der Waals surface area (Å²) in [5.74, 6) is 0. The van der Waals surface area contributed by atoms with Crippen molar-refractivity contribution in [3.63, 3.8) is 0 Å². The van der Waals surface area contributed by atoms with Crippen molar-refractivity contribution >= 4 is 0 Å². The molecule has 0 saturated heterocycles. The van der Waals surface area contributed by atoms with Crippen LogP contribution in [-0.2, 0) is 0 Å². The minimum absolute atomic E-state index is 0.341. The summed E-state index contributed by atoms with van der Waals surface area (Å²) >= 11 is 0. The van der Waals surface area contributed by atoms with Crippen LogP contribution in [0.25, 0.3) is 0 Å². The molecule has 0 fully saturated rings. The van der Waals surface area contributed by atoms with Crippen LogP contribution in [0.15, 0.2) is 0 Å². The number of unbranched alkanes of at least 4 members (excludes halogenated alkanes) is 10. The molecule has 0 saturated carbocycles. The fraction of sp³-hybridized carbons (Fsp3) is 1.00. The van der Waals surface area contributed by atoms with Crippen LogP contribution in [-0.4, -0.2) is 12.6 Å². The summed E-state index contributed by atoms with van der Waals surface area (Å²) in [5.41, 5.74) is 11.4. The molecule has 0 aromatic rings. The van der Waals surface area contributed by atoms with E-state index >= 15 is 0 Å². The first-order valence-electron chi connectivity index (χ1n) is 8.27. The van der Waals surface area contributed by atoms with Gasteiger partial charge in [-0.3, -0.25) is 0 Å². The Kier molecular flexibility index (Phi) is 14.9. The Bertz CT molecular complexity index is 148. The molecule has 1 atom stereocenters. The van der Waals surface area contributed by atoms with Gasteiger partial charge in [0.2, 0.25) is 0 Å². The van der Waals surface area contributed by atoms with Gasteiger partial charge >= 0.3 is 0 Å². The molecule has 2 heteroatoms. The molecule has 0 aromatic heterocycles. The highest BCUT2D eigenvalue weighted by atomic mass is 14.6. The lowest BCUT2D eigenvalue weighted by atomic mass is 10.0. The van der Waals surface area contributed by atoms with Crippen LogP contribution in [0.5, 0.6) is 0 Å². The van der Waals surface area contributed by atoms with E-state index in [1.54, 1.807) is 0 Å². The largest absolute Gasteiger partial charge is 0.330 e. The van der Waals surface area contributed by atoms with Gasteiger partial charge in [0.1, 0.15) is 0 Å². The van der Waals surface area contributed by atoms with E-state index in [9.17, 15) is 0 Å². The third-order valence-electron chi connectivity index (χ3n) is 3.72. The van der Waals surface area contributed by atoms with E-state index < -0.39 is 0 Å². The maximum absolute atomic E-state index is 5.92. The van der Waals surface area contributed by atoms with Crippen LogP contribution in [0.2, 0.25) is 0 Å². The molecule has 0 bridgehead atoms. The zero-order valence-corrected chi connectivity index (χ0v) is 12.6. The molecular formula is C16H36N2. The summed E-state index contributed by atoms with van der Waals surface area (Å²) in [6.45, 7) is 3.01. The fourth-order valence-corrected chi connectivity index (χ4v) is 2.43. The highest BCUT2D eigenvalue weighted by Gasteiger charge is 2.00. The predicted octanol–water partition coefficient (Wildman–Crippen LogP) is 4.36. The molecule has 0 aliphatic rings. The molecule has 0 aromatic carbocycles. The quantitative estimate of drug-likeness (QED) is 0.454. The van der Waals surface area contributed by atoms with Gasteiger partial charge in [0.15, 0.2) is 0 Å². The van der Waals surface area contributed by atoms with Crippen molar-refractivity contribution in [2.24, 2.45) is 11.5 Å². The summed E-state index contributed by atoms with van der Waals surface area (Å²) in [5, 5.41) is 0. The molecule has 0 spiro atoms. The fourth-order valence-electron chi connectivity index (χ4n) is 2.43. The molecule has 18 heavy (non-hydrogen) atoms. The van der Waals surface area contributed by atoms with Gasteiger partial charge in [0.25, 0.3) is 0 Å². The van der Waals surface area contributed by atoms with Crippen molar-refractivity contribution in [3.05, 3.63) is 0 Å². The summed E-state index contributed by atoms with van der Waals surface area (Å²) in [7, 11) is 0. The first-order valence-corrected chi connectivity index (χ1v) is 8.27. The maximum atomic E-state index is 5.92. The van der Waals surface area contributed by atoms with E-state index in [2.05, 4.69) is 6.92 Å². The van der Waals surface area contributed by atoms with Crippen molar-refractivity contribution < 1.29 is 0 Å². The normalized spacial score (nSPS) is 12.8. The third-order valence-corrected chi connectivity index (χ3v) is 3.72. The monoisotopic (exact) mass is 256 g/mol. The number of nitrogens with two attached hydrogens (primary N) is 2. The summed E-state index contributed by atoms with van der Waals surface area (Å²) in [6, 6.07) is 0.341. The van der Waals surface area contributed by atoms with Crippen LogP contribution in [0.4, 0.5) is 0 Å². The van der Waals surface area contributed by atoms with Crippen molar-refractivity contribution in [2.45, 2.75) is 96.4 Å². The highest BCUT2D eigenvalue weighted by Crippen LogP contribution is 2.12. The van der Waals surface area contributed by atoms with Gasteiger partial charge in [-0.1, -0.05) is 77.6 Å². The smallest absolute Gasteiger partial charge is 0.00508 e. The van der Waals surface area contributed by atoms with Crippen LogP contribution >= 0.6 is 0 Å². The van der Waals surface area contributed by atoms with E-state index in [0.717, 1.165) is 19.4 Å². The van der Waals surface area contributed by atoms with Crippen molar-refractivity contribution in [2.75, 3.05) is 6.54 Å². The second kappa shape index (κ2) is 15.0. The Labute approximate surface area is 115 Å². The standard InChI is InChI=1S/C16H36N2/c1-2-3-4-5-6-7-8-9-10-11-12-13-16(18)14-15-17/h16H,2-15,17-18H2,1H3. The van der Waals surface area contributed by atoms with Crippen molar-refractivity contribution in [3.8, 4) is 0 Å². The molecule has 0 aliphatic carbocycles. The van der Waals surface area contributed by atoms with E-state index in [1.165, 1.54) is 70.6 Å². The van der Waals surface area contributed by atoms with E-state index in [-0.39, 0.29) is 0 Å². The zero-order valence-electron chi connectivity index (χ0n) is 12.6. The lowest BCUT2D eigenvalue weighted by molar-refractivity contribution is 0.507. The average Bonchev–Trinajstić information content (AvgIpc) is 2.36. The topological polar surface area (TPSA) is 52.0 Å². The van der Waals surface area contributed by atoms with Gasteiger partial charge in [-0.2, -0.15) is 0 Å². The van der Waals surface area contributed by atoms with Gasteiger partial charge < -0.3 is 11.5 Å². The molecule has 0 radical (unpaired) electrons. The number of rotatable bonds is 14. The maximum Gasteiger partial charge on any atom is 0.00508 e. The lowest BCUT2D eigenvalue weighted by Gasteiger charge is -2.09. The molecule has 0 heterocycles. The van der Waals surface area contributed by atoms with Crippen molar-refractivity contribution in [1.82, 2.24) is 0 Å². The molecule has 0 aliphatic heterocycles. The Morgan fingerprint density at radius 3 is 1.56 bits per heavy atom. The Hall–Kier alpha value is -0.0800. The Morgan fingerprint density at radius 1 is 0.667 bits per heavy atom. The predicted molar refractivity (Wildman–Crippen MR) is 82.7 cm³/mol.